The first-order valence-electron chi connectivity index (χ1n) is 11.9. The van der Waals surface area contributed by atoms with Crippen LogP contribution in [-0.2, 0) is 22.6 Å². The third-order valence-corrected chi connectivity index (χ3v) is 5.74. The van der Waals surface area contributed by atoms with Crippen molar-refractivity contribution in [2.45, 2.75) is 58.5 Å². The highest BCUT2D eigenvalue weighted by atomic mass is 35.5. The van der Waals surface area contributed by atoms with Gasteiger partial charge in [0.2, 0.25) is 0 Å². The van der Waals surface area contributed by atoms with Crippen molar-refractivity contribution in [1.29, 1.82) is 0 Å². The number of benzene rings is 2. The quantitative estimate of drug-likeness (QED) is 0.138. The number of nitrogens with one attached hydrogen (secondary N) is 1. The van der Waals surface area contributed by atoms with Gasteiger partial charge in [-0.1, -0.05) is 61.7 Å². The van der Waals surface area contributed by atoms with Crippen LogP contribution in [0.4, 0.5) is 4.79 Å². The topological polar surface area (TPSA) is 94.8 Å². The van der Waals surface area contributed by atoms with Gasteiger partial charge < -0.3 is 19.2 Å². The number of halogens is 1. The van der Waals surface area contributed by atoms with E-state index >= 15 is 0 Å². The Bertz CT molecular complexity index is 1190. The average Bonchev–Trinajstić information content (AvgIpc) is 2.85. The number of hydrogen-bond acceptors (Lipinski definition) is 6. The largest absolute Gasteiger partial charge is 0.445 e. The number of fused-ring (bicyclic) bond motifs is 1. The van der Waals surface area contributed by atoms with E-state index in [2.05, 4.69) is 12.2 Å². The normalized spacial score (nSPS) is 10.8. The highest BCUT2D eigenvalue weighted by molar-refractivity contribution is 6.33. The molecule has 0 aliphatic heterocycles. The van der Waals surface area contributed by atoms with E-state index in [1.165, 1.54) is 12.1 Å². The molecule has 0 saturated carbocycles. The van der Waals surface area contributed by atoms with E-state index in [1.807, 2.05) is 30.3 Å². The van der Waals surface area contributed by atoms with Crippen LogP contribution in [0.5, 0.6) is 5.75 Å². The fraction of sp³-hybridized carbons (Fsp3) is 0.370. The lowest BCUT2D eigenvalue weighted by Gasteiger charge is -2.10. The first-order valence-corrected chi connectivity index (χ1v) is 12.3. The number of unbranched alkanes of at least 4 members (excludes halogenated alkanes) is 3. The van der Waals surface area contributed by atoms with Crippen molar-refractivity contribution in [2.24, 2.45) is 0 Å². The van der Waals surface area contributed by atoms with E-state index in [0.29, 0.717) is 25.0 Å². The third-order valence-electron chi connectivity index (χ3n) is 5.45. The maximum Gasteiger partial charge on any atom is 0.407 e. The highest BCUT2D eigenvalue weighted by Gasteiger charge is 2.14. The molecular weight excluding hydrogens is 470 g/mol. The lowest BCUT2D eigenvalue weighted by molar-refractivity contribution is -0.134. The molecule has 35 heavy (non-hydrogen) atoms. The van der Waals surface area contributed by atoms with Crippen molar-refractivity contribution in [3.05, 3.63) is 75.1 Å². The van der Waals surface area contributed by atoms with Crippen molar-refractivity contribution >= 4 is 34.6 Å². The zero-order valence-electron chi connectivity index (χ0n) is 19.8. The first kappa shape index (κ1) is 26.3. The fourth-order valence-electron chi connectivity index (χ4n) is 3.59. The van der Waals surface area contributed by atoms with Crippen LogP contribution in [0.15, 0.2) is 57.7 Å². The molecule has 3 rings (SSSR count). The summed E-state index contributed by atoms with van der Waals surface area (Å²) in [7, 11) is 0. The van der Waals surface area contributed by atoms with Crippen molar-refractivity contribution in [2.75, 3.05) is 6.54 Å². The Balaban J connectivity index is 1.40. The van der Waals surface area contributed by atoms with Crippen LogP contribution in [0.25, 0.3) is 11.0 Å². The summed E-state index contributed by atoms with van der Waals surface area (Å²) < 4.78 is 15.9. The van der Waals surface area contributed by atoms with Crippen LogP contribution in [-0.4, -0.2) is 18.6 Å². The number of rotatable bonds is 12. The zero-order valence-corrected chi connectivity index (χ0v) is 20.6. The van der Waals surface area contributed by atoms with Gasteiger partial charge in [0, 0.05) is 30.5 Å². The molecule has 1 aromatic heterocycles. The summed E-state index contributed by atoms with van der Waals surface area (Å²) >= 11 is 6.34. The molecule has 7 nitrogen and oxygen atoms in total. The second-order valence-corrected chi connectivity index (χ2v) is 8.65. The van der Waals surface area contributed by atoms with Gasteiger partial charge >= 0.3 is 17.7 Å². The molecule has 3 aromatic rings. The summed E-state index contributed by atoms with van der Waals surface area (Å²) in [4.78, 5) is 35.9. The van der Waals surface area contributed by atoms with E-state index in [0.717, 1.165) is 42.2 Å². The van der Waals surface area contributed by atoms with Gasteiger partial charge in [-0.25, -0.2) is 9.59 Å². The van der Waals surface area contributed by atoms with Crippen LogP contribution in [0.2, 0.25) is 5.02 Å². The Hall–Kier alpha value is -3.32. The van der Waals surface area contributed by atoms with Gasteiger partial charge in [0.05, 0.1) is 5.02 Å². The third kappa shape index (κ3) is 8.44. The molecular formula is C27H30ClNO6. The summed E-state index contributed by atoms with van der Waals surface area (Å²) in [5.74, 6) is -0.256. The summed E-state index contributed by atoms with van der Waals surface area (Å²) in [6.45, 7) is 2.76. The molecule has 0 aliphatic rings. The Morgan fingerprint density at radius 1 is 1.03 bits per heavy atom. The minimum Gasteiger partial charge on any atom is -0.445 e. The summed E-state index contributed by atoms with van der Waals surface area (Å²) in [6.07, 6.45) is 4.45. The van der Waals surface area contributed by atoms with Gasteiger partial charge in [-0.2, -0.15) is 0 Å². The van der Waals surface area contributed by atoms with E-state index in [9.17, 15) is 14.4 Å². The summed E-state index contributed by atoms with van der Waals surface area (Å²) in [6, 6.07) is 14.1. The number of amides is 1. The number of carbonyl (C=O) groups excluding carboxylic acids is 2. The zero-order chi connectivity index (χ0) is 25.0. The second kappa shape index (κ2) is 13.5. The highest BCUT2D eigenvalue weighted by Crippen LogP contribution is 2.32. The molecule has 0 aliphatic carbocycles. The fourth-order valence-corrected chi connectivity index (χ4v) is 3.79. The predicted molar refractivity (Wildman–Crippen MR) is 135 cm³/mol. The van der Waals surface area contributed by atoms with Crippen molar-refractivity contribution in [1.82, 2.24) is 5.32 Å². The number of ether oxygens (including phenoxy) is 2. The van der Waals surface area contributed by atoms with Crippen molar-refractivity contribution in [3.63, 3.8) is 0 Å². The molecule has 1 amide bonds. The number of alkyl carbamates (subject to hydrolysis) is 1. The molecule has 186 valence electrons. The minimum absolute atomic E-state index is 0.169. The van der Waals surface area contributed by atoms with Gasteiger partial charge in [-0.15, -0.1) is 0 Å². The maximum absolute atomic E-state index is 12.3. The molecule has 0 bridgehead atoms. The van der Waals surface area contributed by atoms with Crippen LogP contribution < -0.4 is 15.7 Å². The Kier molecular flexibility index (Phi) is 10.2. The second-order valence-electron chi connectivity index (χ2n) is 8.25. The van der Waals surface area contributed by atoms with E-state index < -0.39 is 17.7 Å². The maximum atomic E-state index is 12.3. The van der Waals surface area contributed by atoms with Gasteiger partial charge in [0.1, 0.15) is 12.2 Å². The van der Waals surface area contributed by atoms with Crippen LogP contribution in [0.3, 0.4) is 0 Å². The van der Waals surface area contributed by atoms with Crippen LogP contribution >= 0.6 is 11.6 Å². The number of carbonyl (C=O) groups is 2. The minimum atomic E-state index is -0.469. The van der Waals surface area contributed by atoms with Crippen molar-refractivity contribution < 1.29 is 23.5 Å². The molecule has 1 N–H and O–H groups in total. The summed E-state index contributed by atoms with van der Waals surface area (Å²) in [5.41, 5.74) is 1.70. The number of aryl methyl sites for hydroxylation is 1. The smallest absolute Gasteiger partial charge is 0.407 e. The molecule has 0 radical (unpaired) electrons. The molecule has 0 unspecified atom stereocenters. The molecule has 0 spiro atoms. The van der Waals surface area contributed by atoms with E-state index in [-0.39, 0.29) is 23.8 Å². The standard InChI is InChI=1S/C27H30ClNO6/c1-2-3-12-20-15-26(31)34-23-17-24(22(28)16-21(20)23)35-25(30)13-8-5-9-14-29-27(32)33-18-19-10-6-4-7-11-19/h4,6-7,10-11,15-17H,2-3,5,8-9,12-14,18H2,1H3,(H,29,32). The molecule has 0 atom stereocenters. The molecule has 2 aromatic carbocycles. The first-order chi connectivity index (χ1) is 17.0. The monoisotopic (exact) mass is 499 g/mol. The van der Waals surface area contributed by atoms with E-state index in [1.54, 1.807) is 6.07 Å². The van der Waals surface area contributed by atoms with Gasteiger partial charge in [-0.3, -0.25) is 4.79 Å². The number of esters is 1. The Morgan fingerprint density at radius 3 is 2.60 bits per heavy atom. The van der Waals surface area contributed by atoms with Gasteiger partial charge in [0.15, 0.2) is 5.75 Å². The molecule has 0 saturated heterocycles. The molecule has 8 heteroatoms. The lowest BCUT2D eigenvalue weighted by Crippen LogP contribution is -2.25. The number of hydrogen-bond donors (Lipinski definition) is 1. The van der Waals surface area contributed by atoms with Crippen LogP contribution in [0, 0.1) is 0 Å². The van der Waals surface area contributed by atoms with Crippen LogP contribution in [0.1, 0.15) is 56.6 Å². The van der Waals surface area contributed by atoms with Gasteiger partial charge in [-0.05, 0) is 42.9 Å². The van der Waals surface area contributed by atoms with E-state index in [4.69, 9.17) is 25.5 Å². The average molecular weight is 500 g/mol. The van der Waals surface area contributed by atoms with Crippen molar-refractivity contribution in [3.8, 4) is 5.75 Å². The molecule has 1 heterocycles. The lowest BCUT2D eigenvalue weighted by atomic mass is 10.0. The summed E-state index contributed by atoms with van der Waals surface area (Å²) in [5, 5.41) is 3.73. The molecule has 0 fully saturated rings. The Morgan fingerprint density at radius 2 is 1.83 bits per heavy atom. The predicted octanol–water partition coefficient (Wildman–Crippen LogP) is 6.18. The SMILES string of the molecule is CCCCc1cc(=O)oc2cc(OC(=O)CCCCCNC(=O)OCc3ccccc3)c(Cl)cc12. The van der Waals surface area contributed by atoms with Gasteiger partial charge in [0.25, 0.3) is 0 Å². The Labute approximate surface area is 209 Å².